The SMILES string of the molecule is CCOC(=O)c1ccn(-c2ccccc2NC(=O)C2CCNC2)n1. The molecule has 1 aliphatic rings. The smallest absolute Gasteiger partial charge is 0.358 e. The molecule has 24 heavy (non-hydrogen) atoms. The third-order valence-electron chi connectivity index (χ3n) is 3.91. The van der Waals surface area contributed by atoms with E-state index in [0.717, 1.165) is 13.0 Å². The number of aromatic nitrogens is 2. The number of rotatable bonds is 5. The third-order valence-corrected chi connectivity index (χ3v) is 3.91. The lowest BCUT2D eigenvalue weighted by atomic mass is 10.1. The fourth-order valence-corrected chi connectivity index (χ4v) is 2.66. The molecule has 3 rings (SSSR count). The van der Waals surface area contributed by atoms with E-state index in [-0.39, 0.29) is 17.5 Å². The summed E-state index contributed by atoms with van der Waals surface area (Å²) >= 11 is 0. The lowest BCUT2D eigenvalue weighted by molar-refractivity contribution is -0.119. The van der Waals surface area contributed by atoms with Gasteiger partial charge in [-0.1, -0.05) is 12.1 Å². The number of nitrogens with zero attached hydrogens (tertiary/aromatic N) is 2. The van der Waals surface area contributed by atoms with Crippen molar-refractivity contribution in [3.63, 3.8) is 0 Å². The minimum absolute atomic E-state index is 0.00905. The molecular formula is C17H20N4O3. The van der Waals surface area contributed by atoms with Gasteiger partial charge in [-0.2, -0.15) is 5.10 Å². The molecule has 0 aliphatic carbocycles. The average molecular weight is 328 g/mol. The molecule has 2 N–H and O–H groups in total. The first kappa shape index (κ1) is 16.2. The summed E-state index contributed by atoms with van der Waals surface area (Å²) in [6.07, 6.45) is 2.51. The van der Waals surface area contributed by atoms with Gasteiger partial charge in [0, 0.05) is 12.7 Å². The third kappa shape index (κ3) is 3.46. The van der Waals surface area contributed by atoms with Crippen molar-refractivity contribution in [3.8, 4) is 5.69 Å². The lowest BCUT2D eigenvalue weighted by Gasteiger charge is -2.13. The molecule has 7 nitrogen and oxygen atoms in total. The highest BCUT2D eigenvalue weighted by Crippen LogP contribution is 2.21. The number of carbonyl (C=O) groups excluding carboxylic acids is 2. The van der Waals surface area contributed by atoms with Gasteiger partial charge in [0.05, 0.1) is 23.9 Å². The summed E-state index contributed by atoms with van der Waals surface area (Å²) in [6.45, 7) is 3.61. The molecule has 1 atom stereocenters. The van der Waals surface area contributed by atoms with Crippen LogP contribution >= 0.6 is 0 Å². The van der Waals surface area contributed by atoms with Gasteiger partial charge in [-0.3, -0.25) is 4.79 Å². The molecule has 1 aliphatic heterocycles. The molecule has 2 aromatic rings. The van der Waals surface area contributed by atoms with E-state index in [2.05, 4.69) is 15.7 Å². The summed E-state index contributed by atoms with van der Waals surface area (Å²) in [5.41, 5.74) is 1.60. The van der Waals surface area contributed by atoms with E-state index < -0.39 is 5.97 Å². The Bertz CT molecular complexity index is 735. The van der Waals surface area contributed by atoms with E-state index in [9.17, 15) is 9.59 Å². The minimum atomic E-state index is -0.463. The maximum Gasteiger partial charge on any atom is 0.358 e. The number of para-hydroxylation sites is 2. The highest BCUT2D eigenvalue weighted by Gasteiger charge is 2.23. The van der Waals surface area contributed by atoms with E-state index in [1.807, 2.05) is 24.3 Å². The largest absolute Gasteiger partial charge is 0.461 e. The number of hydrogen-bond acceptors (Lipinski definition) is 5. The summed E-state index contributed by atoms with van der Waals surface area (Å²) in [6, 6.07) is 8.96. The van der Waals surface area contributed by atoms with Crippen molar-refractivity contribution >= 4 is 17.6 Å². The standard InChI is InChI=1S/C17H20N4O3/c1-2-24-17(23)14-8-10-21(20-14)15-6-4-3-5-13(15)19-16(22)12-7-9-18-11-12/h3-6,8,10,12,18H,2,7,9,11H2,1H3,(H,19,22). The molecule has 1 aromatic carbocycles. The monoisotopic (exact) mass is 328 g/mol. The van der Waals surface area contributed by atoms with Gasteiger partial charge in [0.1, 0.15) is 0 Å². The molecule has 1 saturated heterocycles. The van der Waals surface area contributed by atoms with Gasteiger partial charge in [-0.05, 0) is 38.1 Å². The molecule has 126 valence electrons. The number of nitrogens with one attached hydrogen (secondary N) is 2. The zero-order chi connectivity index (χ0) is 16.9. The summed E-state index contributed by atoms with van der Waals surface area (Å²) < 4.78 is 6.51. The number of amides is 1. The Morgan fingerprint density at radius 2 is 2.21 bits per heavy atom. The Morgan fingerprint density at radius 1 is 1.38 bits per heavy atom. The number of esters is 1. The van der Waals surface area contributed by atoms with Crippen LogP contribution in [-0.4, -0.2) is 41.4 Å². The first-order valence-electron chi connectivity index (χ1n) is 8.03. The maximum absolute atomic E-state index is 12.3. The van der Waals surface area contributed by atoms with Gasteiger partial charge in [0.2, 0.25) is 5.91 Å². The zero-order valence-electron chi connectivity index (χ0n) is 13.5. The van der Waals surface area contributed by atoms with Crippen molar-refractivity contribution in [3.05, 3.63) is 42.2 Å². The number of anilines is 1. The van der Waals surface area contributed by atoms with Crippen LogP contribution < -0.4 is 10.6 Å². The normalized spacial score (nSPS) is 16.8. The van der Waals surface area contributed by atoms with Crippen LogP contribution in [0, 0.1) is 5.92 Å². The van der Waals surface area contributed by atoms with Crippen molar-refractivity contribution in [1.29, 1.82) is 0 Å². The molecule has 0 bridgehead atoms. The van der Waals surface area contributed by atoms with Gasteiger partial charge < -0.3 is 15.4 Å². The van der Waals surface area contributed by atoms with Gasteiger partial charge in [0.15, 0.2) is 5.69 Å². The second-order valence-electron chi connectivity index (χ2n) is 5.56. The van der Waals surface area contributed by atoms with Gasteiger partial charge in [-0.25, -0.2) is 9.48 Å². The van der Waals surface area contributed by atoms with Crippen LogP contribution in [0.4, 0.5) is 5.69 Å². The summed E-state index contributed by atoms with van der Waals surface area (Å²) in [7, 11) is 0. The predicted octanol–water partition coefficient (Wildman–Crippen LogP) is 1.60. The van der Waals surface area contributed by atoms with E-state index in [0.29, 0.717) is 24.5 Å². The summed E-state index contributed by atoms with van der Waals surface area (Å²) in [5.74, 6) is -0.495. The number of benzene rings is 1. The predicted molar refractivity (Wildman–Crippen MR) is 89.1 cm³/mol. The van der Waals surface area contributed by atoms with Crippen LogP contribution in [0.15, 0.2) is 36.5 Å². The van der Waals surface area contributed by atoms with Crippen LogP contribution in [-0.2, 0) is 9.53 Å². The van der Waals surface area contributed by atoms with E-state index >= 15 is 0 Å². The molecule has 0 saturated carbocycles. The second-order valence-corrected chi connectivity index (χ2v) is 5.56. The average Bonchev–Trinajstić information content (AvgIpc) is 3.27. The lowest BCUT2D eigenvalue weighted by Crippen LogP contribution is -2.25. The molecular weight excluding hydrogens is 308 g/mol. The first-order chi connectivity index (χ1) is 11.7. The van der Waals surface area contributed by atoms with Gasteiger partial charge >= 0.3 is 5.97 Å². The molecule has 1 fully saturated rings. The quantitative estimate of drug-likeness (QED) is 0.814. The highest BCUT2D eigenvalue weighted by molar-refractivity contribution is 5.94. The molecule has 1 amide bonds. The van der Waals surface area contributed by atoms with Crippen molar-refractivity contribution < 1.29 is 14.3 Å². The van der Waals surface area contributed by atoms with Crippen molar-refractivity contribution in [2.24, 2.45) is 5.92 Å². The van der Waals surface area contributed by atoms with E-state index in [1.165, 1.54) is 0 Å². The van der Waals surface area contributed by atoms with Crippen LogP contribution in [0.3, 0.4) is 0 Å². The first-order valence-corrected chi connectivity index (χ1v) is 8.03. The molecule has 0 spiro atoms. The van der Waals surface area contributed by atoms with Gasteiger partial charge in [-0.15, -0.1) is 0 Å². The Balaban J connectivity index is 1.81. The Hall–Kier alpha value is -2.67. The molecule has 1 aromatic heterocycles. The molecule has 0 radical (unpaired) electrons. The van der Waals surface area contributed by atoms with Crippen LogP contribution in [0.25, 0.3) is 5.69 Å². The van der Waals surface area contributed by atoms with Gasteiger partial charge in [0.25, 0.3) is 0 Å². The Morgan fingerprint density at radius 3 is 2.96 bits per heavy atom. The van der Waals surface area contributed by atoms with E-state index in [1.54, 1.807) is 23.9 Å². The number of ether oxygens (including phenoxy) is 1. The molecule has 1 unspecified atom stereocenters. The number of carbonyl (C=O) groups is 2. The Kier molecular flexibility index (Phi) is 4.90. The Labute approximate surface area is 140 Å². The fourth-order valence-electron chi connectivity index (χ4n) is 2.66. The summed E-state index contributed by atoms with van der Waals surface area (Å²) in [5, 5.41) is 10.4. The minimum Gasteiger partial charge on any atom is -0.461 e. The van der Waals surface area contributed by atoms with Crippen molar-refractivity contribution in [2.75, 3.05) is 25.0 Å². The second kappa shape index (κ2) is 7.27. The van der Waals surface area contributed by atoms with Crippen molar-refractivity contribution in [2.45, 2.75) is 13.3 Å². The highest BCUT2D eigenvalue weighted by atomic mass is 16.5. The van der Waals surface area contributed by atoms with Crippen LogP contribution in [0.1, 0.15) is 23.8 Å². The maximum atomic E-state index is 12.3. The molecule has 7 heteroatoms. The fraction of sp³-hybridized carbons (Fsp3) is 0.353. The summed E-state index contributed by atoms with van der Waals surface area (Å²) in [4.78, 5) is 24.1. The van der Waals surface area contributed by atoms with Crippen LogP contribution in [0.2, 0.25) is 0 Å². The van der Waals surface area contributed by atoms with Crippen molar-refractivity contribution in [1.82, 2.24) is 15.1 Å². The topological polar surface area (TPSA) is 85.2 Å². The zero-order valence-corrected chi connectivity index (χ0v) is 13.5. The van der Waals surface area contributed by atoms with E-state index in [4.69, 9.17) is 4.74 Å². The number of hydrogen-bond donors (Lipinski definition) is 2. The van der Waals surface area contributed by atoms with Crippen LogP contribution in [0.5, 0.6) is 0 Å². The molecule has 2 heterocycles.